The quantitative estimate of drug-likeness (QED) is 0.0961. The normalized spacial score (nSPS) is 18.5. The number of amides is 1. The number of thiazole rings is 1. The molecular weight excluding hydrogens is 592 g/mol. The van der Waals surface area contributed by atoms with Crippen molar-refractivity contribution in [1.29, 1.82) is 0 Å². The van der Waals surface area contributed by atoms with E-state index >= 15 is 0 Å². The molecule has 1 fully saturated rings. The molecule has 3 aromatic carbocycles. The number of aromatic nitrogens is 1. The van der Waals surface area contributed by atoms with Gasteiger partial charge in [0.15, 0.2) is 22.4 Å². The molecule has 3 heterocycles. The van der Waals surface area contributed by atoms with Crippen LogP contribution in [0, 0.1) is 6.92 Å². The Kier molecular flexibility index (Phi) is 8.16. The molecule has 230 valence electrons. The largest absolute Gasteiger partial charge is 0.507 e. The number of nitrogens with zero attached hydrogens (tertiary/aromatic N) is 2. The van der Waals surface area contributed by atoms with E-state index in [1.54, 1.807) is 43.3 Å². The average Bonchev–Trinajstić information content (AvgIpc) is 3.68. The summed E-state index contributed by atoms with van der Waals surface area (Å²) >= 11 is 1.03. The second kappa shape index (κ2) is 12.2. The van der Waals surface area contributed by atoms with Gasteiger partial charge < -0.3 is 19.3 Å². The van der Waals surface area contributed by atoms with Gasteiger partial charge in [-0.25, -0.2) is 4.98 Å². The lowest BCUT2D eigenvalue weighted by molar-refractivity contribution is -0.132. The summed E-state index contributed by atoms with van der Waals surface area (Å²) in [6, 6.07) is 19.0. The third-order valence-electron chi connectivity index (χ3n) is 7.75. The zero-order chi connectivity index (χ0) is 31.8. The summed E-state index contributed by atoms with van der Waals surface area (Å²) in [7, 11) is 0. The molecule has 0 saturated carbocycles. The number of anilines is 1. The summed E-state index contributed by atoms with van der Waals surface area (Å²) in [6.45, 7) is 7.57. The van der Waals surface area contributed by atoms with Gasteiger partial charge in [0.25, 0.3) is 5.78 Å². The third-order valence-corrected chi connectivity index (χ3v) is 9.00. The highest BCUT2D eigenvalue weighted by atomic mass is 32.1. The first-order chi connectivity index (χ1) is 21.7. The first-order valence-corrected chi connectivity index (χ1v) is 15.5. The number of hydrogen-bond acceptors (Lipinski definition) is 9. The lowest BCUT2D eigenvalue weighted by Crippen LogP contribution is -2.29. The zero-order valence-corrected chi connectivity index (χ0v) is 26.1. The maximum Gasteiger partial charge on any atom is 0.301 e. The van der Waals surface area contributed by atoms with Crippen molar-refractivity contribution >= 4 is 39.7 Å². The van der Waals surface area contributed by atoms with E-state index in [0.29, 0.717) is 52.8 Å². The Labute approximate surface area is 264 Å². The number of aryl methyl sites for hydroxylation is 1. The average molecular weight is 625 g/mol. The van der Waals surface area contributed by atoms with Crippen molar-refractivity contribution in [3.05, 3.63) is 105 Å². The number of ketones is 2. The predicted molar refractivity (Wildman–Crippen MR) is 170 cm³/mol. The molecule has 2 aliphatic rings. The minimum absolute atomic E-state index is 0.00815. The number of carbonyl (C=O) groups excluding carboxylic acids is 3. The Bertz CT molecular complexity index is 1850. The first-order valence-electron chi connectivity index (χ1n) is 14.7. The lowest BCUT2D eigenvalue weighted by Gasteiger charge is -2.24. The summed E-state index contributed by atoms with van der Waals surface area (Å²) in [4.78, 5) is 45.9. The van der Waals surface area contributed by atoms with Crippen LogP contribution in [-0.4, -0.2) is 40.3 Å². The topological polar surface area (TPSA) is 115 Å². The van der Waals surface area contributed by atoms with E-state index in [4.69, 9.17) is 14.2 Å². The Hall–Kier alpha value is -4.96. The minimum atomic E-state index is -1.05. The number of hydrogen-bond donors (Lipinski definition) is 1. The number of rotatable bonds is 9. The molecule has 0 radical (unpaired) electrons. The van der Waals surface area contributed by atoms with Crippen molar-refractivity contribution < 1.29 is 33.7 Å². The van der Waals surface area contributed by atoms with Crippen molar-refractivity contribution in [3.8, 4) is 17.2 Å². The molecule has 9 nitrogen and oxygen atoms in total. The van der Waals surface area contributed by atoms with Crippen molar-refractivity contribution in [3.63, 3.8) is 0 Å². The SMILES string of the molecule is CCOc1cc([C@@H]2/C(=C(\O)c3ccc4c(c3)C[C@H](C)O4)C(=O)C(=O)N2c2nc(C)c(C(C)=O)s2)ccc1OCc1ccccc1. The smallest absolute Gasteiger partial charge is 0.301 e. The van der Waals surface area contributed by atoms with Gasteiger partial charge in [0.2, 0.25) is 0 Å². The van der Waals surface area contributed by atoms with Gasteiger partial charge in [-0.15, -0.1) is 0 Å². The van der Waals surface area contributed by atoms with E-state index in [9.17, 15) is 19.5 Å². The first kappa shape index (κ1) is 30.1. The molecular formula is C35H32N2O7S. The molecule has 2 aliphatic heterocycles. The molecule has 0 aliphatic carbocycles. The van der Waals surface area contributed by atoms with E-state index in [1.807, 2.05) is 44.2 Å². The fraction of sp³-hybridized carbons (Fsp3) is 0.257. The standard InChI is InChI=1S/C35H32N2O7S/c1-5-42-28-17-23(11-14-27(28)43-18-22-9-7-6-8-10-22)30-29(31(39)24-12-13-26-25(16-24)15-19(2)44-26)32(40)34(41)37(30)35-36-20(3)33(45-35)21(4)38/h6-14,16-17,19,30,39H,5,15,18H2,1-4H3/b31-29+/t19-,30+/m0/s1. The van der Waals surface area contributed by atoms with Gasteiger partial charge in [-0.1, -0.05) is 47.7 Å². The van der Waals surface area contributed by atoms with E-state index in [0.717, 1.165) is 28.2 Å². The molecule has 1 N–H and O–H groups in total. The molecule has 45 heavy (non-hydrogen) atoms. The van der Waals surface area contributed by atoms with Crippen LogP contribution in [-0.2, 0) is 22.6 Å². The van der Waals surface area contributed by atoms with Gasteiger partial charge in [0, 0.05) is 18.9 Å². The predicted octanol–water partition coefficient (Wildman–Crippen LogP) is 6.58. The third kappa shape index (κ3) is 5.69. The van der Waals surface area contributed by atoms with Crippen LogP contribution >= 0.6 is 11.3 Å². The van der Waals surface area contributed by atoms with Crippen molar-refractivity contribution in [1.82, 2.24) is 4.98 Å². The van der Waals surface area contributed by atoms with E-state index < -0.39 is 17.7 Å². The van der Waals surface area contributed by atoms with E-state index in [1.165, 1.54) is 11.8 Å². The van der Waals surface area contributed by atoms with Crippen LogP contribution in [0.15, 0.2) is 72.3 Å². The molecule has 6 rings (SSSR count). The van der Waals surface area contributed by atoms with Crippen LogP contribution in [0.1, 0.15) is 64.4 Å². The number of ether oxygens (including phenoxy) is 3. The maximum atomic E-state index is 13.8. The maximum absolute atomic E-state index is 13.8. The summed E-state index contributed by atoms with van der Waals surface area (Å²) in [5.41, 5.74) is 3.13. The number of carbonyl (C=O) groups is 3. The Morgan fingerprint density at radius 3 is 2.56 bits per heavy atom. The fourth-order valence-corrected chi connectivity index (χ4v) is 6.69. The summed E-state index contributed by atoms with van der Waals surface area (Å²) in [6.07, 6.45) is 0.647. The van der Waals surface area contributed by atoms with E-state index in [-0.39, 0.29) is 28.4 Å². The summed E-state index contributed by atoms with van der Waals surface area (Å²) in [5, 5.41) is 11.9. The molecule has 1 aromatic heterocycles. The minimum Gasteiger partial charge on any atom is -0.507 e. The van der Waals surface area contributed by atoms with E-state index in [2.05, 4.69) is 4.98 Å². The van der Waals surface area contributed by atoms with Crippen LogP contribution < -0.4 is 19.1 Å². The number of aliphatic hydroxyl groups is 1. The number of benzene rings is 3. The molecule has 10 heteroatoms. The molecule has 4 aromatic rings. The van der Waals surface area contributed by atoms with Gasteiger partial charge in [0.05, 0.1) is 28.8 Å². The monoisotopic (exact) mass is 624 g/mol. The van der Waals surface area contributed by atoms with Crippen LogP contribution in [0.4, 0.5) is 5.13 Å². The van der Waals surface area contributed by atoms with Gasteiger partial charge >= 0.3 is 5.91 Å². The van der Waals surface area contributed by atoms with Gasteiger partial charge in [-0.2, -0.15) is 0 Å². The zero-order valence-electron chi connectivity index (χ0n) is 25.3. The molecule has 0 bridgehead atoms. The van der Waals surface area contributed by atoms with Crippen LogP contribution in [0.5, 0.6) is 17.2 Å². The second-order valence-electron chi connectivity index (χ2n) is 11.0. The molecule has 0 spiro atoms. The van der Waals surface area contributed by atoms with Crippen LogP contribution in [0.3, 0.4) is 0 Å². The summed E-state index contributed by atoms with van der Waals surface area (Å²) in [5.74, 6) is -0.604. The van der Waals surface area contributed by atoms with Crippen molar-refractivity contribution in [2.45, 2.75) is 52.9 Å². The molecule has 1 amide bonds. The molecule has 0 unspecified atom stereocenters. The Morgan fingerprint density at radius 1 is 1.07 bits per heavy atom. The highest BCUT2D eigenvalue weighted by Crippen LogP contribution is 2.46. The Balaban J connectivity index is 1.48. The number of fused-ring (bicyclic) bond motifs is 1. The van der Waals surface area contributed by atoms with Gasteiger partial charge in [-0.05, 0) is 67.8 Å². The lowest BCUT2D eigenvalue weighted by atomic mass is 9.94. The van der Waals surface area contributed by atoms with Gasteiger partial charge in [-0.3, -0.25) is 19.3 Å². The fourth-order valence-electron chi connectivity index (χ4n) is 5.70. The highest BCUT2D eigenvalue weighted by molar-refractivity contribution is 7.18. The van der Waals surface area contributed by atoms with Gasteiger partial charge in [0.1, 0.15) is 24.2 Å². The highest BCUT2D eigenvalue weighted by Gasteiger charge is 2.48. The number of aliphatic hydroxyl groups excluding tert-OH is 1. The van der Waals surface area contributed by atoms with Crippen LogP contribution in [0.2, 0.25) is 0 Å². The molecule has 1 saturated heterocycles. The summed E-state index contributed by atoms with van der Waals surface area (Å²) < 4.78 is 17.9. The molecule has 2 atom stereocenters. The van der Waals surface area contributed by atoms with Crippen LogP contribution in [0.25, 0.3) is 5.76 Å². The second-order valence-corrected chi connectivity index (χ2v) is 12.0. The van der Waals surface area contributed by atoms with Crippen molar-refractivity contribution in [2.75, 3.05) is 11.5 Å². The Morgan fingerprint density at radius 2 is 1.84 bits per heavy atom. The number of Topliss-reactive ketones (excluding diaryl/α,β-unsaturated/α-hetero) is 2. The van der Waals surface area contributed by atoms with Crippen molar-refractivity contribution in [2.24, 2.45) is 0 Å².